The van der Waals surface area contributed by atoms with Crippen LogP contribution in [0.5, 0.6) is 0 Å². The molecule has 2 aromatic carbocycles. The maximum Gasteiger partial charge on any atom is 0.145 e. The van der Waals surface area contributed by atoms with Crippen LogP contribution in [0, 0.1) is 0 Å². The number of likely N-dealkylation sites (N-methyl/N-ethyl adjacent to an activating group) is 1. The molecule has 0 aliphatic carbocycles. The molecule has 1 N–H and O–H groups in total. The topological polar surface area (TPSA) is 37.8 Å². The van der Waals surface area contributed by atoms with Gasteiger partial charge in [0.25, 0.3) is 0 Å². The van der Waals surface area contributed by atoms with Crippen LogP contribution in [0.4, 0.5) is 0 Å². The molecule has 0 amide bonds. The van der Waals surface area contributed by atoms with E-state index in [1.54, 1.807) is 12.4 Å². The Bertz CT molecular complexity index is 695. The molecule has 0 bridgehead atoms. The van der Waals surface area contributed by atoms with Gasteiger partial charge < -0.3 is 5.32 Å². The maximum atomic E-state index is 4.33. The smallest absolute Gasteiger partial charge is 0.145 e. The fraction of sp³-hybridized carbons (Fsp3) is 0.176. The Hall–Kier alpha value is -2.26. The molecule has 1 unspecified atom stereocenters. The molecular weight excluding hydrogens is 246 g/mol. The van der Waals surface area contributed by atoms with Gasteiger partial charge in [-0.15, -0.1) is 0 Å². The lowest BCUT2D eigenvalue weighted by Crippen LogP contribution is -2.21. The Labute approximate surface area is 118 Å². The molecule has 0 aliphatic heterocycles. The minimum Gasteiger partial charge on any atom is -0.310 e. The summed E-state index contributed by atoms with van der Waals surface area (Å²) < 4.78 is 0. The van der Waals surface area contributed by atoms with Crippen molar-refractivity contribution in [1.29, 1.82) is 0 Å². The van der Waals surface area contributed by atoms with Gasteiger partial charge in [-0.25, -0.2) is 9.97 Å². The molecule has 0 aliphatic rings. The Kier molecular flexibility index (Phi) is 3.70. The van der Waals surface area contributed by atoms with Crippen molar-refractivity contribution >= 4 is 10.8 Å². The van der Waals surface area contributed by atoms with Crippen LogP contribution in [0.15, 0.2) is 60.9 Å². The van der Waals surface area contributed by atoms with Crippen LogP contribution < -0.4 is 5.32 Å². The van der Waals surface area contributed by atoms with E-state index in [0.717, 1.165) is 12.2 Å². The zero-order valence-corrected chi connectivity index (χ0v) is 11.5. The second kappa shape index (κ2) is 5.80. The van der Waals surface area contributed by atoms with Crippen molar-refractivity contribution in [3.8, 4) is 0 Å². The number of aromatic nitrogens is 2. The van der Waals surface area contributed by atoms with Gasteiger partial charge in [-0.1, -0.05) is 42.5 Å². The van der Waals surface area contributed by atoms with Gasteiger partial charge >= 0.3 is 0 Å². The van der Waals surface area contributed by atoms with E-state index in [9.17, 15) is 0 Å². The first kappa shape index (κ1) is 12.8. The zero-order valence-electron chi connectivity index (χ0n) is 11.5. The predicted octanol–water partition coefficient (Wildman–Crippen LogP) is 3.13. The van der Waals surface area contributed by atoms with Crippen molar-refractivity contribution in [3.63, 3.8) is 0 Å². The van der Waals surface area contributed by atoms with Gasteiger partial charge in [0.15, 0.2) is 0 Å². The summed E-state index contributed by atoms with van der Waals surface area (Å²) >= 11 is 0. The minimum absolute atomic E-state index is 0.136. The highest BCUT2D eigenvalue weighted by molar-refractivity contribution is 5.82. The molecule has 100 valence electrons. The Morgan fingerprint density at radius 2 is 1.70 bits per heavy atom. The summed E-state index contributed by atoms with van der Waals surface area (Å²) in [6, 6.07) is 17.0. The fourth-order valence-corrected chi connectivity index (χ4v) is 2.41. The van der Waals surface area contributed by atoms with Crippen LogP contribution in [0.2, 0.25) is 0 Å². The summed E-state index contributed by atoms with van der Waals surface area (Å²) in [4.78, 5) is 8.67. The molecule has 1 heterocycles. The van der Waals surface area contributed by atoms with Gasteiger partial charge in [-0.3, -0.25) is 0 Å². The molecule has 3 heteroatoms. The van der Waals surface area contributed by atoms with Gasteiger partial charge in [0.2, 0.25) is 0 Å². The van der Waals surface area contributed by atoms with Crippen molar-refractivity contribution in [2.45, 2.75) is 12.5 Å². The van der Waals surface area contributed by atoms with Crippen LogP contribution >= 0.6 is 0 Å². The standard InChI is InChI=1S/C17H17N3/c1-18-16(17-19-9-4-10-20-17)12-13-7-8-14-5-2-3-6-15(14)11-13/h2-11,16,18H,12H2,1H3. The number of benzene rings is 2. The lowest BCUT2D eigenvalue weighted by atomic mass is 10.0. The number of fused-ring (bicyclic) bond motifs is 1. The third-order valence-electron chi connectivity index (χ3n) is 3.50. The second-order valence-corrected chi connectivity index (χ2v) is 4.83. The van der Waals surface area contributed by atoms with E-state index in [4.69, 9.17) is 0 Å². The summed E-state index contributed by atoms with van der Waals surface area (Å²) in [6.45, 7) is 0. The van der Waals surface area contributed by atoms with Crippen LogP contribution in [-0.2, 0) is 6.42 Å². The molecule has 0 saturated carbocycles. The molecular formula is C17H17N3. The van der Waals surface area contributed by atoms with Crippen molar-refractivity contribution in [2.24, 2.45) is 0 Å². The normalized spacial score (nSPS) is 12.4. The van der Waals surface area contributed by atoms with Gasteiger partial charge in [0, 0.05) is 12.4 Å². The highest BCUT2D eigenvalue weighted by Gasteiger charge is 2.12. The van der Waals surface area contributed by atoms with Crippen molar-refractivity contribution < 1.29 is 0 Å². The van der Waals surface area contributed by atoms with E-state index in [0.29, 0.717) is 0 Å². The average Bonchev–Trinajstić information content (AvgIpc) is 2.53. The molecule has 0 fully saturated rings. The maximum absolute atomic E-state index is 4.33. The van der Waals surface area contributed by atoms with Gasteiger partial charge in [0.05, 0.1) is 6.04 Å². The average molecular weight is 263 g/mol. The highest BCUT2D eigenvalue weighted by atomic mass is 15.0. The largest absolute Gasteiger partial charge is 0.310 e. The third-order valence-corrected chi connectivity index (χ3v) is 3.50. The van der Waals surface area contributed by atoms with Crippen molar-refractivity contribution in [3.05, 3.63) is 72.3 Å². The highest BCUT2D eigenvalue weighted by Crippen LogP contribution is 2.19. The molecule has 20 heavy (non-hydrogen) atoms. The number of nitrogens with zero attached hydrogens (tertiary/aromatic N) is 2. The molecule has 3 aromatic rings. The van der Waals surface area contributed by atoms with E-state index in [1.165, 1.54) is 16.3 Å². The molecule has 0 radical (unpaired) electrons. The van der Waals surface area contributed by atoms with Crippen LogP contribution in [0.25, 0.3) is 10.8 Å². The molecule has 3 rings (SSSR count). The summed E-state index contributed by atoms with van der Waals surface area (Å²) in [5, 5.41) is 5.83. The Morgan fingerprint density at radius 1 is 0.950 bits per heavy atom. The molecule has 1 atom stereocenters. The zero-order chi connectivity index (χ0) is 13.8. The van der Waals surface area contributed by atoms with Gasteiger partial charge in [-0.05, 0) is 35.9 Å². The van der Waals surface area contributed by atoms with Crippen LogP contribution in [-0.4, -0.2) is 17.0 Å². The Balaban J connectivity index is 1.87. The molecule has 3 nitrogen and oxygen atoms in total. The molecule has 0 saturated heterocycles. The summed E-state index contributed by atoms with van der Waals surface area (Å²) in [5.41, 5.74) is 1.29. The summed E-state index contributed by atoms with van der Waals surface area (Å²) in [5.74, 6) is 0.836. The van der Waals surface area contributed by atoms with E-state index < -0.39 is 0 Å². The monoisotopic (exact) mass is 263 g/mol. The number of nitrogens with one attached hydrogen (secondary N) is 1. The summed E-state index contributed by atoms with van der Waals surface area (Å²) in [6.07, 6.45) is 4.45. The van der Waals surface area contributed by atoms with E-state index in [2.05, 4.69) is 57.7 Å². The molecule has 1 aromatic heterocycles. The van der Waals surface area contributed by atoms with Crippen LogP contribution in [0.1, 0.15) is 17.4 Å². The van der Waals surface area contributed by atoms with E-state index >= 15 is 0 Å². The van der Waals surface area contributed by atoms with Gasteiger partial charge in [-0.2, -0.15) is 0 Å². The Morgan fingerprint density at radius 3 is 2.45 bits per heavy atom. The minimum atomic E-state index is 0.136. The first-order valence-corrected chi connectivity index (χ1v) is 6.78. The number of hydrogen-bond acceptors (Lipinski definition) is 3. The predicted molar refractivity (Wildman–Crippen MR) is 81.5 cm³/mol. The summed E-state index contributed by atoms with van der Waals surface area (Å²) in [7, 11) is 1.95. The van der Waals surface area contributed by atoms with Gasteiger partial charge in [0.1, 0.15) is 5.82 Å². The van der Waals surface area contributed by atoms with Crippen molar-refractivity contribution in [2.75, 3.05) is 7.05 Å². The quantitative estimate of drug-likeness (QED) is 0.786. The SMILES string of the molecule is CNC(Cc1ccc2ccccc2c1)c1ncccn1. The lowest BCUT2D eigenvalue weighted by Gasteiger charge is -2.14. The lowest BCUT2D eigenvalue weighted by molar-refractivity contribution is 0.557. The second-order valence-electron chi connectivity index (χ2n) is 4.83. The first-order chi connectivity index (χ1) is 9.86. The van der Waals surface area contributed by atoms with E-state index in [1.807, 2.05) is 13.1 Å². The van der Waals surface area contributed by atoms with Crippen molar-refractivity contribution in [1.82, 2.24) is 15.3 Å². The van der Waals surface area contributed by atoms with E-state index in [-0.39, 0.29) is 6.04 Å². The first-order valence-electron chi connectivity index (χ1n) is 6.78. The number of rotatable bonds is 4. The third kappa shape index (κ3) is 2.68. The van der Waals surface area contributed by atoms with Crippen LogP contribution in [0.3, 0.4) is 0 Å². The fourth-order valence-electron chi connectivity index (χ4n) is 2.41. The molecule has 0 spiro atoms. The number of hydrogen-bond donors (Lipinski definition) is 1.